The quantitative estimate of drug-likeness (QED) is 0.879. The molecule has 5 nitrogen and oxygen atoms in total. The van der Waals surface area contributed by atoms with E-state index in [-0.39, 0.29) is 11.9 Å². The Balaban J connectivity index is 1.46. The topological polar surface area (TPSA) is 71.2 Å². The fourth-order valence-corrected chi connectivity index (χ4v) is 3.06. The van der Waals surface area contributed by atoms with Gasteiger partial charge in [-0.15, -0.1) is 0 Å². The third-order valence-electron chi connectivity index (χ3n) is 4.45. The number of carbonyl (C=O) groups is 1. The highest BCUT2D eigenvalue weighted by Gasteiger charge is 2.23. The lowest BCUT2D eigenvalue weighted by Crippen LogP contribution is -2.50. The number of pyridine rings is 1. The number of aromatic nitrogens is 1. The number of rotatable bonds is 5. The second-order valence-corrected chi connectivity index (χ2v) is 6.25. The molecule has 0 bridgehead atoms. The number of carbonyl (C=O) groups excluding carboxylic acids is 1. The predicted octanol–water partition coefficient (Wildman–Crippen LogP) is 1.74. The molecule has 24 heavy (non-hydrogen) atoms. The molecule has 1 atom stereocenters. The zero-order valence-corrected chi connectivity index (χ0v) is 13.8. The third kappa shape index (κ3) is 4.32. The van der Waals surface area contributed by atoms with E-state index in [9.17, 15) is 4.79 Å². The Hall–Kier alpha value is -2.40. The first-order chi connectivity index (χ1) is 11.7. The molecule has 5 heteroatoms. The molecule has 2 heterocycles. The van der Waals surface area contributed by atoms with Crippen LogP contribution < -0.4 is 16.0 Å². The first-order valence-corrected chi connectivity index (χ1v) is 8.48. The summed E-state index contributed by atoms with van der Waals surface area (Å²) in [7, 11) is 0. The molecule has 1 aromatic carbocycles. The van der Waals surface area contributed by atoms with E-state index in [1.165, 1.54) is 0 Å². The first kappa shape index (κ1) is 16.5. The predicted molar refractivity (Wildman–Crippen MR) is 95.7 cm³/mol. The van der Waals surface area contributed by atoms with Gasteiger partial charge in [-0.2, -0.15) is 0 Å². The summed E-state index contributed by atoms with van der Waals surface area (Å²) in [6.45, 7) is 1.80. The first-order valence-electron chi connectivity index (χ1n) is 8.48. The van der Waals surface area contributed by atoms with Gasteiger partial charge in [0.15, 0.2) is 0 Å². The molecule has 1 saturated heterocycles. The number of nitrogens with two attached hydrogens (primary N) is 1. The molecule has 1 amide bonds. The Morgan fingerprint density at radius 1 is 1.17 bits per heavy atom. The Labute approximate surface area is 142 Å². The van der Waals surface area contributed by atoms with Crippen molar-refractivity contribution in [3.63, 3.8) is 0 Å². The molecule has 2 aromatic rings. The fraction of sp³-hybridized carbons (Fsp3) is 0.368. The van der Waals surface area contributed by atoms with Crippen LogP contribution in [0.15, 0.2) is 54.7 Å². The van der Waals surface area contributed by atoms with Crippen molar-refractivity contribution in [3.05, 3.63) is 60.3 Å². The molecule has 1 fully saturated rings. The lowest BCUT2D eigenvalue weighted by Gasteiger charge is -2.33. The highest BCUT2D eigenvalue weighted by atomic mass is 16.2. The van der Waals surface area contributed by atoms with E-state index < -0.39 is 6.04 Å². The number of piperidine rings is 1. The highest BCUT2D eigenvalue weighted by molar-refractivity contribution is 5.82. The Bertz CT molecular complexity index is 639. The second-order valence-electron chi connectivity index (χ2n) is 6.25. The summed E-state index contributed by atoms with van der Waals surface area (Å²) < 4.78 is 0. The molecule has 3 N–H and O–H groups in total. The summed E-state index contributed by atoms with van der Waals surface area (Å²) in [5.41, 5.74) is 7.14. The maximum atomic E-state index is 12.3. The minimum atomic E-state index is -0.499. The van der Waals surface area contributed by atoms with Crippen LogP contribution in [0, 0.1) is 0 Å². The SMILES string of the molecule is NC(Cc1ccccc1)C(=O)NC1CCN(c2ccccn2)CC1. The van der Waals surface area contributed by atoms with Crippen LogP contribution in [-0.2, 0) is 11.2 Å². The van der Waals surface area contributed by atoms with Crippen molar-refractivity contribution in [2.24, 2.45) is 5.73 Å². The van der Waals surface area contributed by atoms with Gasteiger partial charge in [0.05, 0.1) is 6.04 Å². The average Bonchev–Trinajstić information content (AvgIpc) is 2.64. The largest absolute Gasteiger partial charge is 0.356 e. The molecular formula is C19H24N4O. The van der Waals surface area contributed by atoms with Gasteiger partial charge in [0.1, 0.15) is 5.82 Å². The number of hydrogen-bond acceptors (Lipinski definition) is 4. The number of nitrogens with zero attached hydrogens (tertiary/aromatic N) is 2. The van der Waals surface area contributed by atoms with Crippen LogP contribution in [-0.4, -0.2) is 36.1 Å². The van der Waals surface area contributed by atoms with E-state index in [2.05, 4.69) is 15.2 Å². The van der Waals surface area contributed by atoms with Crippen molar-refractivity contribution in [2.75, 3.05) is 18.0 Å². The minimum Gasteiger partial charge on any atom is -0.356 e. The van der Waals surface area contributed by atoms with Crippen LogP contribution in [0.25, 0.3) is 0 Å². The molecule has 0 saturated carbocycles. The van der Waals surface area contributed by atoms with Gasteiger partial charge in [0, 0.05) is 25.3 Å². The van der Waals surface area contributed by atoms with Crippen molar-refractivity contribution < 1.29 is 4.79 Å². The molecule has 0 spiro atoms. The summed E-state index contributed by atoms with van der Waals surface area (Å²) in [4.78, 5) is 18.9. The molecule has 0 aliphatic carbocycles. The molecule has 1 aliphatic heterocycles. The third-order valence-corrected chi connectivity index (χ3v) is 4.45. The minimum absolute atomic E-state index is 0.0601. The van der Waals surface area contributed by atoms with E-state index in [0.29, 0.717) is 6.42 Å². The van der Waals surface area contributed by atoms with Crippen LogP contribution in [0.4, 0.5) is 5.82 Å². The van der Waals surface area contributed by atoms with E-state index in [1.807, 2.05) is 54.7 Å². The average molecular weight is 324 g/mol. The number of nitrogens with one attached hydrogen (secondary N) is 1. The molecule has 1 aromatic heterocycles. The summed E-state index contributed by atoms with van der Waals surface area (Å²) in [6, 6.07) is 15.5. The zero-order chi connectivity index (χ0) is 16.8. The van der Waals surface area contributed by atoms with Crippen molar-refractivity contribution in [2.45, 2.75) is 31.3 Å². The van der Waals surface area contributed by atoms with E-state index in [4.69, 9.17) is 5.73 Å². The maximum Gasteiger partial charge on any atom is 0.237 e. The fourth-order valence-electron chi connectivity index (χ4n) is 3.06. The van der Waals surface area contributed by atoms with Gasteiger partial charge in [-0.3, -0.25) is 4.79 Å². The van der Waals surface area contributed by atoms with Gasteiger partial charge in [0.2, 0.25) is 5.91 Å². The van der Waals surface area contributed by atoms with Crippen molar-refractivity contribution in [3.8, 4) is 0 Å². The number of benzene rings is 1. The Morgan fingerprint density at radius 2 is 1.88 bits per heavy atom. The van der Waals surface area contributed by atoms with Crippen LogP contribution in [0.2, 0.25) is 0 Å². The molecule has 126 valence electrons. The highest BCUT2D eigenvalue weighted by Crippen LogP contribution is 2.17. The smallest absolute Gasteiger partial charge is 0.237 e. The molecule has 0 radical (unpaired) electrons. The standard InChI is InChI=1S/C19H24N4O/c20-17(14-15-6-2-1-3-7-15)19(24)22-16-9-12-23(13-10-16)18-8-4-5-11-21-18/h1-8,11,16-17H,9-10,12-14,20H2,(H,22,24). The van der Waals surface area contributed by atoms with Crippen molar-refractivity contribution in [1.82, 2.24) is 10.3 Å². The molecule has 1 aliphatic rings. The van der Waals surface area contributed by atoms with Crippen LogP contribution in [0.5, 0.6) is 0 Å². The van der Waals surface area contributed by atoms with Gasteiger partial charge in [-0.05, 0) is 37.0 Å². The number of anilines is 1. The summed E-state index contributed by atoms with van der Waals surface area (Å²) in [5, 5.41) is 3.10. The van der Waals surface area contributed by atoms with E-state index >= 15 is 0 Å². The van der Waals surface area contributed by atoms with Gasteiger partial charge < -0.3 is 16.0 Å². The van der Waals surface area contributed by atoms with Crippen molar-refractivity contribution >= 4 is 11.7 Å². The van der Waals surface area contributed by atoms with Gasteiger partial charge in [-0.1, -0.05) is 36.4 Å². The lowest BCUT2D eigenvalue weighted by atomic mass is 10.0. The van der Waals surface area contributed by atoms with Crippen LogP contribution in [0.3, 0.4) is 0 Å². The summed E-state index contributed by atoms with van der Waals surface area (Å²) >= 11 is 0. The van der Waals surface area contributed by atoms with E-state index in [0.717, 1.165) is 37.3 Å². The normalized spacial score (nSPS) is 16.6. The van der Waals surface area contributed by atoms with Gasteiger partial charge in [0.25, 0.3) is 0 Å². The second kappa shape index (κ2) is 7.93. The molecule has 1 unspecified atom stereocenters. The zero-order valence-electron chi connectivity index (χ0n) is 13.8. The molecular weight excluding hydrogens is 300 g/mol. The molecule has 3 rings (SSSR count). The van der Waals surface area contributed by atoms with E-state index in [1.54, 1.807) is 0 Å². The number of amides is 1. The van der Waals surface area contributed by atoms with Gasteiger partial charge in [-0.25, -0.2) is 4.98 Å². The van der Waals surface area contributed by atoms with Gasteiger partial charge >= 0.3 is 0 Å². The Morgan fingerprint density at radius 3 is 2.54 bits per heavy atom. The van der Waals surface area contributed by atoms with Crippen molar-refractivity contribution in [1.29, 1.82) is 0 Å². The monoisotopic (exact) mass is 324 g/mol. The summed E-state index contributed by atoms with van der Waals surface area (Å²) in [6.07, 6.45) is 4.21. The lowest BCUT2D eigenvalue weighted by molar-refractivity contribution is -0.123. The number of hydrogen-bond donors (Lipinski definition) is 2. The van der Waals surface area contributed by atoms with Crippen LogP contribution in [0.1, 0.15) is 18.4 Å². The van der Waals surface area contributed by atoms with Crippen LogP contribution >= 0.6 is 0 Å². The Kier molecular flexibility index (Phi) is 5.43. The maximum absolute atomic E-state index is 12.3. The summed E-state index contributed by atoms with van der Waals surface area (Å²) in [5.74, 6) is 0.943.